The molecule has 0 saturated carbocycles. The predicted octanol–water partition coefficient (Wildman–Crippen LogP) is 1.02. The third-order valence-corrected chi connectivity index (χ3v) is 6.91. The number of hydrogen-bond acceptors (Lipinski definition) is 5. The Bertz CT molecular complexity index is 543. The number of fused-ring (bicyclic) bond motifs is 2. The highest BCUT2D eigenvalue weighted by molar-refractivity contribution is 7.91. The minimum absolute atomic E-state index is 0.0882. The zero-order chi connectivity index (χ0) is 13.5. The molecular formula is C12H18N2O3S2. The molecule has 0 aliphatic carbocycles. The van der Waals surface area contributed by atoms with Gasteiger partial charge < -0.3 is 10.1 Å². The fourth-order valence-corrected chi connectivity index (χ4v) is 5.55. The van der Waals surface area contributed by atoms with Gasteiger partial charge in [-0.25, -0.2) is 8.42 Å². The van der Waals surface area contributed by atoms with Gasteiger partial charge in [-0.1, -0.05) is 0 Å². The van der Waals surface area contributed by atoms with Crippen molar-refractivity contribution in [3.63, 3.8) is 0 Å². The van der Waals surface area contributed by atoms with Crippen molar-refractivity contribution in [2.45, 2.75) is 35.8 Å². The number of nitrogens with zero attached hydrogens (tertiary/aromatic N) is 1. The van der Waals surface area contributed by atoms with Gasteiger partial charge in [-0.15, -0.1) is 11.3 Å². The molecule has 0 spiro atoms. The maximum atomic E-state index is 12.6. The number of morpholine rings is 1. The molecule has 106 valence electrons. The van der Waals surface area contributed by atoms with Gasteiger partial charge in [-0.05, 0) is 36.9 Å². The maximum Gasteiger partial charge on any atom is 0.252 e. The Kier molecular flexibility index (Phi) is 3.65. The molecule has 0 amide bonds. The van der Waals surface area contributed by atoms with Gasteiger partial charge in [-0.3, -0.25) is 0 Å². The van der Waals surface area contributed by atoms with E-state index in [2.05, 4.69) is 5.32 Å². The van der Waals surface area contributed by atoms with E-state index in [4.69, 9.17) is 4.74 Å². The van der Waals surface area contributed by atoms with Gasteiger partial charge in [0.15, 0.2) is 0 Å². The third-order valence-electron chi connectivity index (χ3n) is 3.61. The topological polar surface area (TPSA) is 58.6 Å². The van der Waals surface area contributed by atoms with Crippen LogP contribution in [-0.4, -0.2) is 45.1 Å². The second-order valence-electron chi connectivity index (χ2n) is 5.08. The zero-order valence-corrected chi connectivity index (χ0v) is 12.5. The Labute approximate surface area is 117 Å². The molecule has 5 nitrogen and oxygen atoms in total. The Morgan fingerprint density at radius 1 is 1.42 bits per heavy atom. The van der Waals surface area contributed by atoms with Crippen LogP contribution in [0.2, 0.25) is 0 Å². The molecule has 0 radical (unpaired) electrons. The summed E-state index contributed by atoms with van der Waals surface area (Å²) in [6, 6.07) is 1.77. The summed E-state index contributed by atoms with van der Waals surface area (Å²) in [4.78, 5) is 0. The zero-order valence-electron chi connectivity index (χ0n) is 10.8. The van der Waals surface area contributed by atoms with Crippen molar-refractivity contribution >= 4 is 21.4 Å². The van der Waals surface area contributed by atoms with Crippen molar-refractivity contribution in [2.24, 2.45) is 0 Å². The molecule has 2 atom stereocenters. The molecule has 2 fully saturated rings. The average Bonchev–Trinajstić information content (AvgIpc) is 2.97. The van der Waals surface area contributed by atoms with Gasteiger partial charge in [0.25, 0.3) is 10.0 Å². The van der Waals surface area contributed by atoms with Crippen LogP contribution in [0.25, 0.3) is 0 Å². The average molecular weight is 302 g/mol. The first-order valence-corrected chi connectivity index (χ1v) is 8.79. The van der Waals surface area contributed by atoms with Crippen LogP contribution in [0.5, 0.6) is 0 Å². The third kappa shape index (κ3) is 2.57. The van der Waals surface area contributed by atoms with Crippen LogP contribution in [0, 0.1) is 0 Å². The van der Waals surface area contributed by atoms with Crippen LogP contribution in [0.15, 0.2) is 15.7 Å². The smallest absolute Gasteiger partial charge is 0.252 e. The van der Waals surface area contributed by atoms with Gasteiger partial charge in [0, 0.05) is 19.6 Å². The lowest BCUT2D eigenvalue weighted by molar-refractivity contribution is -0.0114. The highest BCUT2D eigenvalue weighted by Crippen LogP contribution is 2.31. The van der Waals surface area contributed by atoms with E-state index in [0.29, 0.717) is 23.8 Å². The van der Waals surface area contributed by atoms with Crippen molar-refractivity contribution < 1.29 is 13.2 Å². The van der Waals surface area contributed by atoms with Gasteiger partial charge in [-0.2, -0.15) is 4.31 Å². The lowest BCUT2D eigenvalue weighted by Crippen LogP contribution is -2.45. The largest absolute Gasteiger partial charge is 0.372 e. The molecule has 3 rings (SSSR count). The number of ether oxygens (including phenoxy) is 1. The number of thiophene rings is 1. The molecular weight excluding hydrogens is 284 g/mol. The van der Waals surface area contributed by atoms with Crippen molar-refractivity contribution in [3.05, 3.63) is 17.0 Å². The van der Waals surface area contributed by atoms with E-state index >= 15 is 0 Å². The lowest BCUT2D eigenvalue weighted by atomic mass is 10.2. The normalized spacial score (nSPS) is 27.8. The summed E-state index contributed by atoms with van der Waals surface area (Å²) in [5, 5.41) is 4.93. The molecule has 2 aliphatic rings. The van der Waals surface area contributed by atoms with Gasteiger partial charge in [0.05, 0.1) is 12.2 Å². The summed E-state index contributed by atoms with van der Waals surface area (Å²) in [6.07, 6.45) is 2.13. The van der Waals surface area contributed by atoms with Crippen molar-refractivity contribution in [2.75, 3.05) is 20.1 Å². The molecule has 1 N–H and O–H groups in total. The molecule has 0 aromatic carbocycles. The number of hydrogen-bond donors (Lipinski definition) is 1. The standard InChI is InChI=1S/C12H18N2O3S2/c1-13-5-9-4-12(18-8-9)19(15,16)14-6-10-2-3-11(7-14)17-10/h4,8,10-11,13H,2-3,5-7H2,1H3. The fraction of sp³-hybridized carbons (Fsp3) is 0.667. The van der Waals surface area contributed by atoms with E-state index in [1.54, 1.807) is 10.4 Å². The quantitative estimate of drug-likeness (QED) is 0.902. The van der Waals surface area contributed by atoms with E-state index < -0.39 is 10.0 Å². The molecule has 2 saturated heterocycles. The fourth-order valence-electron chi connectivity index (χ4n) is 2.69. The molecule has 7 heteroatoms. The van der Waals surface area contributed by atoms with Crippen molar-refractivity contribution in [3.8, 4) is 0 Å². The molecule has 1 aromatic heterocycles. The Morgan fingerprint density at radius 3 is 2.74 bits per heavy atom. The van der Waals surface area contributed by atoms with Crippen LogP contribution in [0.3, 0.4) is 0 Å². The molecule has 19 heavy (non-hydrogen) atoms. The highest BCUT2D eigenvalue weighted by Gasteiger charge is 2.39. The number of nitrogens with one attached hydrogen (secondary N) is 1. The molecule has 2 bridgehead atoms. The summed E-state index contributed by atoms with van der Waals surface area (Å²) < 4.78 is 32.9. The number of rotatable bonds is 4. The van der Waals surface area contributed by atoms with Crippen LogP contribution in [0.4, 0.5) is 0 Å². The second-order valence-corrected chi connectivity index (χ2v) is 8.16. The van der Waals surface area contributed by atoms with E-state index in [9.17, 15) is 8.42 Å². The van der Waals surface area contributed by atoms with Crippen molar-refractivity contribution in [1.82, 2.24) is 9.62 Å². The van der Waals surface area contributed by atoms with E-state index in [1.807, 2.05) is 12.4 Å². The summed E-state index contributed by atoms with van der Waals surface area (Å²) in [7, 11) is -1.49. The predicted molar refractivity (Wildman–Crippen MR) is 73.7 cm³/mol. The highest BCUT2D eigenvalue weighted by atomic mass is 32.2. The van der Waals surface area contributed by atoms with E-state index in [1.165, 1.54) is 11.3 Å². The Morgan fingerprint density at radius 2 is 2.11 bits per heavy atom. The van der Waals surface area contributed by atoms with Crippen LogP contribution < -0.4 is 5.32 Å². The lowest BCUT2D eigenvalue weighted by Gasteiger charge is -2.30. The van der Waals surface area contributed by atoms with Crippen LogP contribution in [0.1, 0.15) is 18.4 Å². The monoisotopic (exact) mass is 302 g/mol. The summed E-state index contributed by atoms with van der Waals surface area (Å²) >= 11 is 1.30. The van der Waals surface area contributed by atoms with Gasteiger partial charge in [0.2, 0.25) is 0 Å². The Balaban J connectivity index is 1.81. The molecule has 2 aliphatic heterocycles. The van der Waals surface area contributed by atoms with Crippen LogP contribution in [-0.2, 0) is 21.3 Å². The molecule has 2 unspecified atom stereocenters. The second kappa shape index (κ2) is 5.14. The first-order valence-electron chi connectivity index (χ1n) is 6.47. The van der Waals surface area contributed by atoms with Crippen LogP contribution >= 0.6 is 11.3 Å². The molecule has 3 heterocycles. The first-order chi connectivity index (χ1) is 9.09. The van der Waals surface area contributed by atoms with E-state index in [0.717, 1.165) is 18.4 Å². The van der Waals surface area contributed by atoms with Gasteiger partial charge in [0.1, 0.15) is 4.21 Å². The molecule has 1 aromatic rings. The summed E-state index contributed by atoms with van der Waals surface area (Å²) in [6.45, 7) is 1.69. The van der Waals surface area contributed by atoms with Gasteiger partial charge >= 0.3 is 0 Å². The maximum absolute atomic E-state index is 12.6. The summed E-state index contributed by atoms with van der Waals surface area (Å²) in [5.74, 6) is 0. The number of sulfonamides is 1. The first kappa shape index (κ1) is 13.5. The van der Waals surface area contributed by atoms with Crippen molar-refractivity contribution in [1.29, 1.82) is 0 Å². The Hall–Kier alpha value is -0.470. The SMILES string of the molecule is CNCc1csc(S(=O)(=O)N2CC3CCC(C2)O3)c1. The summed E-state index contributed by atoms with van der Waals surface area (Å²) in [5.41, 5.74) is 1.02. The minimum Gasteiger partial charge on any atom is -0.372 e. The minimum atomic E-state index is -3.34. The van der Waals surface area contributed by atoms with E-state index in [-0.39, 0.29) is 12.2 Å².